The molecule has 2 atom stereocenters. The fourth-order valence-corrected chi connectivity index (χ4v) is 4.66. The van der Waals surface area contributed by atoms with Gasteiger partial charge in [-0.3, -0.25) is 5.41 Å². The topological polar surface area (TPSA) is 64.1 Å². The van der Waals surface area contributed by atoms with Gasteiger partial charge < -0.3 is 19.9 Å². The molecule has 0 amide bonds. The number of methoxy groups -OCH3 is 1. The molecular formula is C25H34N4O. The zero-order valence-electron chi connectivity index (χ0n) is 18.6. The molecule has 0 aromatic carbocycles. The van der Waals surface area contributed by atoms with Crippen LogP contribution in [0.3, 0.4) is 0 Å². The van der Waals surface area contributed by atoms with Gasteiger partial charge in [-0.05, 0) is 63.2 Å². The molecule has 0 spiro atoms. The third-order valence-corrected chi connectivity index (χ3v) is 6.70. The predicted molar refractivity (Wildman–Crippen MR) is 126 cm³/mol. The van der Waals surface area contributed by atoms with Crippen LogP contribution in [0.2, 0.25) is 0 Å². The average molecular weight is 407 g/mol. The lowest BCUT2D eigenvalue weighted by atomic mass is 9.79. The summed E-state index contributed by atoms with van der Waals surface area (Å²) >= 11 is 0. The van der Waals surface area contributed by atoms with Crippen LogP contribution in [-0.2, 0) is 4.74 Å². The molecule has 3 N–H and O–H groups in total. The highest BCUT2D eigenvalue weighted by atomic mass is 16.5. The van der Waals surface area contributed by atoms with Gasteiger partial charge in [0.1, 0.15) is 17.4 Å². The molecule has 160 valence electrons. The number of amidine groups is 1. The van der Waals surface area contributed by atoms with E-state index < -0.39 is 0 Å². The molecule has 0 radical (unpaired) electrons. The Morgan fingerprint density at radius 2 is 2.07 bits per heavy atom. The van der Waals surface area contributed by atoms with E-state index in [0.717, 1.165) is 49.6 Å². The molecule has 3 aliphatic rings. The molecule has 0 saturated carbocycles. The lowest BCUT2D eigenvalue weighted by molar-refractivity contribution is 0.308. The first-order valence-corrected chi connectivity index (χ1v) is 11.1. The summed E-state index contributed by atoms with van der Waals surface area (Å²) in [6, 6.07) is 0.346. The minimum absolute atomic E-state index is 0.188. The van der Waals surface area contributed by atoms with Gasteiger partial charge in [0.2, 0.25) is 0 Å². The first kappa shape index (κ1) is 20.6. The van der Waals surface area contributed by atoms with Gasteiger partial charge in [0.25, 0.3) is 0 Å². The molecule has 1 aromatic heterocycles. The van der Waals surface area contributed by atoms with Crippen molar-refractivity contribution < 1.29 is 4.74 Å². The van der Waals surface area contributed by atoms with E-state index >= 15 is 0 Å². The van der Waals surface area contributed by atoms with Gasteiger partial charge >= 0.3 is 0 Å². The van der Waals surface area contributed by atoms with Gasteiger partial charge in [-0.1, -0.05) is 18.2 Å². The highest BCUT2D eigenvalue weighted by Crippen LogP contribution is 2.39. The third-order valence-electron chi connectivity index (χ3n) is 6.70. The number of allylic oxidation sites excluding steroid dienone is 4. The number of ether oxygens (including phenoxy) is 1. The van der Waals surface area contributed by atoms with Crippen molar-refractivity contribution in [2.45, 2.75) is 45.6 Å². The van der Waals surface area contributed by atoms with Crippen molar-refractivity contribution in [3.8, 4) is 0 Å². The van der Waals surface area contributed by atoms with E-state index in [2.05, 4.69) is 65.6 Å². The summed E-state index contributed by atoms with van der Waals surface area (Å²) in [5.41, 5.74) is 5.05. The zero-order chi connectivity index (χ0) is 21.3. The molecule has 1 aromatic rings. The number of hydrogen-bond acceptors (Lipinski definition) is 3. The van der Waals surface area contributed by atoms with Gasteiger partial charge in [0, 0.05) is 48.4 Å². The first-order valence-electron chi connectivity index (χ1n) is 11.1. The summed E-state index contributed by atoms with van der Waals surface area (Å²) in [4.78, 5) is 5.50. The molecular weight excluding hydrogens is 372 g/mol. The number of rotatable bonds is 5. The van der Waals surface area contributed by atoms with Crippen LogP contribution in [0.5, 0.6) is 0 Å². The normalized spacial score (nSPS) is 23.2. The number of anilines is 1. The van der Waals surface area contributed by atoms with Crippen LogP contribution in [0.4, 0.5) is 5.82 Å². The van der Waals surface area contributed by atoms with Crippen molar-refractivity contribution in [2.75, 3.05) is 26.0 Å². The Bertz CT molecular complexity index is 931. The molecule has 5 heteroatoms. The van der Waals surface area contributed by atoms with Crippen LogP contribution >= 0.6 is 0 Å². The maximum atomic E-state index is 8.63. The summed E-state index contributed by atoms with van der Waals surface area (Å²) < 4.78 is 5.64. The zero-order valence-corrected chi connectivity index (χ0v) is 18.6. The Hall–Kier alpha value is -2.69. The van der Waals surface area contributed by atoms with Crippen LogP contribution in [0.15, 0.2) is 41.8 Å². The van der Waals surface area contributed by atoms with Gasteiger partial charge in [-0.25, -0.2) is 0 Å². The summed E-state index contributed by atoms with van der Waals surface area (Å²) in [6.07, 6.45) is 17.6. The second-order valence-corrected chi connectivity index (χ2v) is 8.82. The fourth-order valence-electron chi connectivity index (χ4n) is 4.66. The van der Waals surface area contributed by atoms with Crippen LogP contribution in [-0.4, -0.2) is 42.5 Å². The first-order chi connectivity index (χ1) is 14.5. The smallest absolute Gasteiger partial charge is 0.122 e. The van der Waals surface area contributed by atoms with Crippen LogP contribution in [0.1, 0.15) is 50.7 Å². The monoisotopic (exact) mass is 406 g/mol. The Balaban J connectivity index is 1.58. The molecule has 30 heavy (non-hydrogen) atoms. The number of hydrogen-bond donors (Lipinski definition) is 3. The Morgan fingerprint density at radius 3 is 2.83 bits per heavy atom. The van der Waals surface area contributed by atoms with E-state index in [-0.39, 0.29) is 5.92 Å². The highest BCUT2D eigenvalue weighted by molar-refractivity contribution is 5.88. The summed E-state index contributed by atoms with van der Waals surface area (Å²) in [5, 5.41) is 12.2. The Kier molecular flexibility index (Phi) is 5.89. The van der Waals surface area contributed by atoms with E-state index in [0.29, 0.717) is 12.0 Å². The van der Waals surface area contributed by atoms with E-state index in [1.54, 1.807) is 7.11 Å². The van der Waals surface area contributed by atoms with Crippen molar-refractivity contribution in [2.24, 2.45) is 11.8 Å². The predicted octanol–water partition coefficient (Wildman–Crippen LogP) is 5.43. The molecule has 2 unspecified atom stereocenters. The van der Waals surface area contributed by atoms with Crippen LogP contribution < -0.4 is 5.32 Å². The summed E-state index contributed by atoms with van der Waals surface area (Å²) in [5.74, 6) is 3.43. The van der Waals surface area contributed by atoms with E-state index in [4.69, 9.17) is 10.1 Å². The third kappa shape index (κ3) is 3.85. The van der Waals surface area contributed by atoms with Crippen molar-refractivity contribution in [1.29, 1.82) is 5.41 Å². The minimum atomic E-state index is 0.188. The molecule has 0 fully saturated rings. The van der Waals surface area contributed by atoms with E-state index in [1.165, 1.54) is 22.3 Å². The second-order valence-electron chi connectivity index (χ2n) is 8.82. The lowest BCUT2D eigenvalue weighted by Crippen LogP contribution is -2.38. The van der Waals surface area contributed by atoms with Crippen molar-refractivity contribution >= 4 is 23.3 Å². The van der Waals surface area contributed by atoms with Gasteiger partial charge in [-0.2, -0.15) is 0 Å². The maximum absolute atomic E-state index is 8.63. The van der Waals surface area contributed by atoms with E-state index in [1.807, 2.05) is 7.05 Å². The largest absolute Gasteiger partial charge is 0.496 e. The molecule has 0 bridgehead atoms. The number of aromatic amines is 1. The van der Waals surface area contributed by atoms with Crippen LogP contribution in [0.25, 0.3) is 11.6 Å². The molecule has 2 aliphatic carbocycles. The van der Waals surface area contributed by atoms with Crippen LogP contribution in [0, 0.1) is 17.2 Å². The quantitative estimate of drug-likeness (QED) is 0.347. The standard InChI is InChI=1S/C25H34N4O/c1-16(2)29(3)24(26)18-9-7-8-17(12-18)19-13-21-22(15-28-25(21)27-14-19)20-10-5-6-11-23(20)30-4/h7,9-11,13,15-18,26-28H,5-6,8,12,14H2,1-4H3. The van der Waals surface area contributed by atoms with Gasteiger partial charge in [-0.15, -0.1) is 0 Å². The van der Waals surface area contributed by atoms with Crippen molar-refractivity contribution in [1.82, 2.24) is 9.88 Å². The number of H-pyrrole nitrogens is 1. The van der Waals surface area contributed by atoms with E-state index in [9.17, 15) is 0 Å². The van der Waals surface area contributed by atoms with Gasteiger partial charge in [0.05, 0.1) is 7.11 Å². The lowest BCUT2D eigenvalue weighted by Gasteiger charge is -2.33. The molecule has 1 aliphatic heterocycles. The molecule has 4 rings (SSSR count). The summed E-state index contributed by atoms with van der Waals surface area (Å²) in [6.45, 7) is 5.14. The molecule has 0 saturated heterocycles. The number of aromatic nitrogens is 1. The maximum Gasteiger partial charge on any atom is 0.122 e. The average Bonchev–Trinajstić information content (AvgIpc) is 3.21. The number of nitrogens with zero attached hydrogens (tertiary/aromatic N) is 1. The number of fused-ring (bicyclic) bond motifs is 1. The van der Waals surface area contributed by atoms with Crippen molar-refractivity contribution in [3.05, 3.63) is 53.0 Å². The second kappa shape index (κ2) is 8.58. The highest BCUT2D eigenvalue weighted by Gasteiger charge is 2.29. The summed E-state index contributed by atoms with van der Waals surface area (Å²) in [7, 11) is 3.78. The SMILES string of the molecule is COC1=CCCC=C1c1c[nH]c2c1C=C(C1CC=CC(C(=N)N(C)C(C)C)C1)CN2. The fraction of sp³-hybridized carbons (Fsp3) is 0.480. The van der Waals surface area contributed by atoms with Gasteiger partial charge in [0.15, 0.2) is 0 Å². The van der Waals surface area contributed by atoms with Crippen molar-refractivity contribution in [3.63, 3.8) is 0 Å². The number of nitrogens with one attached hydrogen (secondary N) is 3. The minimum Gasteiger partial charge on any atom is -0.496 e. The Labute approximate surface area is 180 Å². The Morgan fingerprint density at radius 1 is 1.27 bits per heavy atom. The molecule has 2 heterocycles. The molecule has 5 nitrogen and oxygen atoms in total.